The fourth-order valence-corrected chi connectivity index (χ4v) is 20.5. The van der Waals surface area contributed by atoms with E-state index in [0.29, 0.717) is 0 Å². The first-order chi connectivity index (χ1) is 62.6. The second kappa shape index (κ2) is 75.3. The van der Waals surface area contributed by atoms with E-state index in [-0.39, 0.29) is 0 Å². The number of rotatable bonds is 72. The Morgan fingerprint density at radius 2 is 0.344 bits per heavy atom. The number of hydrogen-bond acceptors (Lipinski definition) is 2. The topological polar surface area (TPSA) is 57.1 Å². The molecule has 0 saturated carbocycles. The molecule has 0 N–H and O–H groups in total. The van der Waals surface area contributed by atoms with Gasteiger partial charge in [0.15, 0.2) is 0 Å². The van der Waals surface area contributed by atoms with Crippen LogP contribution in [0.2, 0.25) is 10.8 Å². The fourth-order valence-electron chi connectivity index (χ4n) is 19.6. The summed E-state index contributed by atoms with van der Waals surface area (Å²) in [6.07, 6.45) is 75.7. The van der Waals surface area contributed by atoms with Gasteiger partial charge in [0.2, 0.25) is 22.8 Å². The molecule has 4 aromatic rings. The van der Waals surface area contributed by atoms with Crippen molar-refractivity contribution < 1.29 is 42.2 Å². The van der Waals surface area contributed by atoms with Crippen LogP contribution in [-0.2, 0) is 110 Å². The molecule has 6 rings (SSSR count). The zero-order valence-corrected chi connectivity index (χ0v) is 91.1. The molecule has 0 bridgehead atoms. The van der Waals surface area contributed by atoms with Crippen LogP contribution in [0, 0.1) is 0 Å². The molecule has 6 nitrogen and oxygen atoms in total. The Morgan fingerprint density at radius 1 is 0.203 bits per heavy atom. The molecule has 0 spiro atoms. The van der Waals surface area contributed by atoms with Gasteiger partial charge in [0, 0.05) is 44.5 Å². The maximum atomic E-state index is 13.0. The monoisotopic (exact) mass is 1900 g/mol. The van der Waals surface area contributed by atoms with Crippen LogP contribution in [0.3, 0.4) is 0 Å². The van der Waals surface area contributed by atoms with Gasteiger partial charge in [-0.2, -0.15) is 0 Å². The van der Waals surface area contributed by atoms with Gasteiger partial charge in [-0.25, -0.2) is 9.39 Å². The number of nitrogens with zero attached hydrogens (tertiary/aromatic N) is 6. The molecule has 0 amide bonds. The first-order valence-corrected chi connectivity index (χ1v) is 59.4. The van der Waals surface area contributed by atoms with Gasteiger partial charge in [-0.15, -0.1) is 0 Å². The van der Waals surface area contributed by atoms with Crippen molar-refractivity contribution in [2.45, 2.75) is 547 Å². The third-order valence-corrected chi connectivity index (χ3v) is 29.0. The molecule has 0 saturated heterocycles. The van der Waals surface area contributed by atoms with E-state index >= 15 is 0 Å². The molecule has 736 valence electrons. The Morgan fingerprint density at radius 3 is 0.547 bits per heavy atom. The van der Waals surface area contributed by atoms with Gasteiger partial charge in [-0.3, -0.25) is 0 Å². The second-order valence-corrected chi connectivity index (χ2v) is 41.1. The average molecular weight is 1900 g/mol. The maximum absolute atomic E-state index is 13.0. The van der Waals surface area contributed by atoms with Crippen molar-refractivity contribution in [3.05, 3.63) is 171 Å². The standard InChI is InChI=1S/C56H92N2.C54H88N2.2C4H10N.2CH3.Ni.Pd/c1-9-17-25-31-39-51-45(33-27-19-11-3)41-49(42-46(51)34-28-20-12-4)55-53(37-23-15-7)54(38-24-16-8)56(58(55)57)50-43-47(35-29-21-13-5)52(40-32-26-18-10-2)48(44-50)36-30-22-14-6;1-9-17-25-26-27-30-38-52-51(35-24-16-8)53(47-39-43(31-20-12-4)49(36-28-18-10-2)44(40-47)32-21-13-5)56(55)54(52)48-41-45(33-22-14-6)50(37-29-19-11-3)46(42-48)34-23-15-7;2*1-3-5-4-2;;;;/h41-44H,9-40H2,1-8H3;39-42H,9-38H2,1-8H3;2*3-4H2,1-2H3;2*1H3;;/q;;2*-1;;;+2;. The Balaban J connectivity index is 0.000000573. The summed E-state index contributed by atoms with van der Waals surface area (Å²) in [5.74, 6) is 0. The zero-order chi connectivity index (χ0) is 93.9. The van der Waals surface area contributed by atoms with Crippen LogP contribution in [-0.4, -0.2) is 43.5 Å². The molecule has 2 heterocycles. The SMILES string of the molecule is CCCCCCCCC1=C(c2cc(CCCC)c(CCCCC)c(CCCC)c2)[N+](=[N-])C(c2cc(CCCC)c(CCCCC)c(CCCC)c2)=C1CCCC.CCCCCCc1c(CCCCC)cc(C2=C(CCCC)C(CCCC)=C(c3cc(CCCCC)c(CCCCCC)c(CCCCC)c3)[N+]2=[N-])cc1CCCCC.CC[N](CC)[Ni][N](CC)CC.[CH3][Pd][CH3]. The number of unbranched alkanes of at least 4 members (excludes halogenated alkanes) is 30. The van der Waals surface area contributed by atoms with Crippen molar-refractivity contribution in [2.75, 3.05) is 26.2 Å². The molecular weight excluding hydrogens is 1690 g/mol. The molecule has 8 heteroatoms. The van der Waals surface area contributed by atoms with Crippen molar-refractivity contribution >= 4 is 22.8 Å². The van der Waals surface area contributed by atoms with Crippen LogP contribution in [0.4, 0.5) is 0 Å². The van der Waals surface area contributed by atoms with Gasteiger partial charge in [-0.05, 0) is 321 Å². The van der Waals surface area contributed by atoms with E-state index in [9.17, 15) is 11.1 Å². The first kappa shape index (κ1) is 118. The summed E-state index contributed by atoms with van der Waals surface area (Å²) >= 11 is 2.62. The van der Waals surface area contributed by atoms with Crippen molar-refractivity contribution in [1.29, 1.82) is 0 Å². The van der Waals surface area contributed by atoms with Crippen LogP contribution in [0.1, 0.15) is 549 Å². The third kappa shape index (κ3) is 42.2. The van der Waals surface area contributed by atoms with Crippen LogP contribution >= 0.6 is 0 Å². The summed E-state index contributed by atoms with van der Waals surface area (Å²) in [5.41, 5.74) is 60.1. The molecule has 0 aromatic heterocycles. The van der Waals surface area contributed by atoms with E-state index in [2.05, 4.69) is 206 Å². The van der Waals surface area contributed by atoms with Crippen LogP contribution < -0.4 is 0 Å². The predicted octanol–water partition coefficient (Wildman–Crippen LogP) is 38.8. The molecule has 4 aromatic carbocycles. The van der Waals surface area contributed by atoms with Crippen molar-refractivity contribution in [1.82, 2.24) is 7.96 Å². The van der Waals surface area contributed by atoms with Gasteiger partial charge in [0.05, 0.1) is 0 Å². The second-order valence-electron chi connectivity index (χ2n) is 38.1. The Bertz CT molecular complexity index is 3490. The molecule has 0 atom stereocenters. The molecule has 2 aliphatic rings. The number of benzene rings is 4. The van der Waals surface area contributed by atoms with Gasteiger partial charge in [-0.1, -0.05) is 303 Å². The molecule has 2 aliphatic heterocycles. The van der Waals surface area contributed by atoms with Crippen LogP contribution in [0.5, 0.6) is 0 Å². The molecule has 0 radical (unpaired) electrons. The summed E-state index contributed by atoms with van der Waals surface area (Å²) in [4.78, 5) is 0. The van der Waals surface area contributed by atoms with Gasteiger partial charge < -0.3 is 11.1 Å². The number of aryl methyl sites for hydroxylation is 8. The summed E-state index contributed by atoms with van der Waals surface area (Å²) in [6, 6.07) is 20.4. The summed E-state index contributed by atoms with van der Waals surface area (Å²) < 4.78 is 8.22. The molecule has 0 aliphatic carbocycles. The minimum absolute atomic E-state index is 0.950. The summed E-state index contributed by atoms with van der Waals surface area (Å²) in [7, 11) is 0. The Kier molecular flexibility index (Phi) is 69.6. The zero-order valence-electron chi connectivity index (χ0n) is 88.6. The molecule has 0 unspecified atom stereocenters. The van der Waals surface area contributed by atoms with E-state index in [1.807, 2.05) is 0 Å². The fraction of sp³-hybridized carbons (Fsp3) is 0.733. The van der Waals surface area contributed by atoms with E-state index in [4.69, 9.17) is 0 Å². The third-order valence-electron chi connectivity index (χ3n) is 27.2. The first-order valence-electron chi connectivity index (χ1n) is 55.4. The van der Waals surface area contributed by atoms with Crippen molar-refractivity contribution in [3.63, 3.8) is 0 Å². The van der Waals surface area contributed by atoms with Crippen molar-refractivity contribution in [3.8, 4) is 0 Å². The predicted molar refractivity (Wildman–Crippen MR) is 564 cm³/mol. The molecule has 128 heavy (non-hydrogen) atoms. The number of allylic oxidation sites excluding steroid dienone is 4. The van der Waals surface area contributed by atoms with Gasteiger partial charge in [0.25, 0.3) is 0 Å². The van der Waals surface area contributed by atoms with E-state index in [1.54, 1.807) is 91.0 Å². The van der Waals surface area contributed by atoms with E-state index < -0.39 is 0 Å². The van der Waals surface area contributed by atoms with Crippen LogP contribution in [0.15, 0.2) is 70.8 Å². The van der Waals surface area contributed by atoms with E-state index in [0.717, 1.165) is 183 Å². The molecular formula is C120H206N6NiPd. The quantitative estimate of drug-likeness (QED) is 0.0251. The van der Waals surface area contributed by atoms with Crippen LogP contribution in [0.25, 0.3) is 33.9 Å². The summed E-state index contributed by atoms with van der Waals surface area (Å²) in [6.45, 7) is 50.6. The normalized spacial score (nSPS) is 13.0. The Hall–Kier alpha value is -3.88. The number of hydrogen-bond donors (Lipinski definition) is 0. The van der Waals surface area contributed by atoms with Gasteiger partial charge >= 0.3 is 105 Å². The van der Waals surface area contributed by atoms with Crippen molar-refractivity contribution in [2.24, 2.45) is 0 Å². The molecule has 0 fully saturated rings. The Labute approximate surface area is 811 Å². The average Bonchev–Trinajstić information content (AvgIpc) is 1.60. The summed E-state index contributed by atoms with van der Waals surface area (Å²) in [5, 5.41) is 4.35. The minimum atomic E-state index is 0.950. The van der Waals surface area contributed by atoms with Gasteiger partial charge in [0.1, 0.15) is 0 Å². The van der Waals surface area contributed by atoms with E-state index in [1.165, 1.54) is 327 Å².